The van der Waals surface area contributed by atoms with Crippen LogP contribution in [0.1, 0.15) is 24.8 Å². The second kappa shape index (κ2) is 4.43. The Balaban J connectivity index is 2.04. The lowest BCUT2D eigenvalue weighted by molar-refractivity contribution is 0.360. The first-order valence-corrected chi connectivity index (χ1v) is 5.32. The van der Waals surface area contributed by atoms with E-state index in [0.717, 1.165) is 31.4 Å². The summed E-state index contributed by atoms with van der Waals surface area (Å²) in [5.41, 5.74) is 0.946. The first-order valence-electron chi connectivity index (χ1n) is 5.32. The SMILES string of the molecule is N=C1CCCCN1Cc1cccc(F)c1. The first kappa shape index (κ1) is 10.1. The zero-order valence-electron chi connectivity index (χ0n) is 8.67. The molecule has 0 amide bonds. The molecular formula is C12H15FN2. The van der Waals surface area contributed by atoms with Crippen LogP contribution in [0.5, 0.6) is 0 Å². The van der Waals surface area contributed by atoms with Crippen molar-refractivity contribution in [1.82, 2.24) is 4.90 Å². The van der Waals surface area contributed by atoms with Crippen LogP contribution in [0, 0.1) is 11.2 Å². The van der Waals surface area contributed by atoms with Crippen LogP contribution in [0.4, 0.5) is 4.39 Å². The molecule has 0 spiro atoms. The summed E-state index contributed by atoms with van der Waals surface area (Å²) in [4.78, 5) is 2.03. The van der Waals surface area contributed by atoms with Gasteiger partial charge in [0.05, 0.1) is 5.84 Å². The summed E-state index contributed by atoms with van der Waals surface area (Å²) in [7, 11) is 0. The van der Waals surface area contributed by atoms with Crippen LogP contribution in [0.25, 0.3) is 0 Å². The van der Waals surface area contributed by atoms with E-state index in [0.29, 0.717) is 12.4 Å². The van der Waals surface area contributed by atoms with E-state index in [2.05, 4.69) is 0 Å². The van der Waals surface area contributed by atoms with E-state index in [4.69, 9.17) is 5.41 Å². The average molecular weight is 206 g/mol. The second-order valence-electron chi connectivity index (χ2n) is 3.96. The summed E-state index contributed by atoms with van der Waals surface area (Å²) in [5.74, 6) is 0.488. The maximum Gasteiger partial charge on any atom is 0.123 e. The second-order valence-corrected chi connectivity index (χ2v) is 3.96. The van der Waals surface area contributed by atoms with Crippen LogP contribution >= 0.6 is 0 Å². The molecular weight excluding hydrogens is 191 g/mol. The van der Waals surface area contributed by atoms with Crippen LogP contribution in [-0.2, 0) is 6.54 Å². The number of nitrogens with zero attached hydrogens (tertiary/aromatic N) is 1. The number of likely N-dealkylation sites (tertiary alicyclic amines) is 1. The van der Waals surface area contributed by atoms with Gasteiger partial charge in [-0.2, -0.15) is 0 Å². The Labute approximate surface area is 89.2 Å². The lowest BCUT2D eigenvalue weighted by Crippen LogP contribution is -2.34. The number of halogens is 1. The third-order valence-corrected chi connectivity index (χ3v) is 2.74. The number of benzene rings is 1. The Kier molecular flexibility index (Phi) is 2.99. The van der Waals surface area contributed by atoms with Gasteiger partial charge in [-0.15, -0.1) is 0 Å². The highest BCUT2D eigenvalue weighted by molar-refractivity contribution is 5.79. The molecule has 1 aliphatic rings. The molecule has 15 heavy (non-hydrogen) atoms. The van der Waals surface area contributed by atoms with Crippen LogP contribution in [0.2, 0.25) is 0 Å². The van der Waals surface area contributed by atoms with Gasteiger partial charge in [0, 0.05) is 19.5 Å². The monoisotopic (exact) mass is 206 g/mol. The van der Waals surface area contributed by atoms with E-state index in [1.807, 2.05) is 11.0 Å². The molecule has 1 aromatic rings. The Bertz CT molecular complexity index is 362. The number of amidine groups is 1. The van der Waals surface area contributed by atoms with Crippen LogP contribution < -0.4 is 0 Å². The van der Waals surface area contributed by atoms with E-state index < -0.39 is 0 Å². The van der Waals surface area contributed by atoms with E-state index in [1.54, 1.807) is 12.1 Å². The lowest BCUT2D eigenvalue weighted by Gasteiger charge is -2.29. The fourth-order valence-electron chi connectivity index (χ4n) is 1.92. The van der Waals surface area contributed by atoms with E-state index in [-0.39, 0.29) is 5.82 Å². The Morgan fingerprint density at radius 3 is 2.93 bits per heavy atom. The molecule has 0 aromatic heterocycles. The lowest BCUT2D eigenvalue weighted by atomic mass is 10.1. The van der Waals surface area contributed by atoms with Gasteiger partial charge in [0.2, 0.25) is 0 Å². The standard InChI is InChI=1S/C12H15FN2/c13-11-5-3-4-10(8-11)9-15-7-2-1-6-12(15)14/h3-5,8,14H,1-2,6-7,9H2. The molecule has 3 heteroatoms. The highest BCUT2D eigenvalue weighted by atomic mass is 19.1. The Morgan fingerprint density at radius 2 is 2.20 bits per heavy atom. The molecule has 80 valence electrons. The van der Waals surface area contributed by atoms with Crippen molar-refractivity contribution in [3.05, 3.63) is 35.6 Å². The van der Waals surface area contributed by atoms with E-state index in [9.17, 15) is 4.39 Å². The van der Waals surface area contributed by atoms with Gasteiger partial charge in [-0.05, 0) is 30.5 Å². The topological polar surface area (TPSA) is 27.1 Å². The maximum atomic E-state index is 12.9. The molecule has 1 heterocycles. The van der Waals surface area contributed by atoms with Gasteiger partial charge in [-0.3, -0.25) is 5.41 Å². The third kappa shape index (κ3) is 2.55. The van der Waals surface area contributed by atoms with Gasteiger partial charge < -0.3 is 4.90 Å². The van der Waals surface area contributed by atoms with Crippen molar-refractivity contribution < 1.29 is 4.39 Å². The minimum Gasteiger partial charge on any atom is -0.356 e. The van der Waals surface area contributed by atoms with Crippen molar-refractivity contribution in [3.63, 3.8) is 0 Å². The molecule has 0 aliphatic carbocycles. The van der Waals surface area contributed by atoms with Gasteiger partial charge >= 0.3 is 0 Å². The first-order chi connectivity index (χ1) is 7.25. The van der Waals surface area contributed by atoms with Gasteiger partial charge in [0.25, 0.3) is 0 Å². The predicted octanol–water partition coefficient (Wildman–Crippen LogP) is 2.79. The molecule has 2 rings (SSSR count). The van der Waals surface area contributed by atoms with Gasteiger partial charge in [0.1, 0.15) is 5.82 Å². The van der Waals surface area contributed by atoms with Crippen molar-refractivity contribution in [2.45, 2.75) is 25.8 Å². The predicted molar refractivity (Wildman–Crippen MR) is 58.4 cm³/mol. The minimum atomic E-state index is -0.198. The van der Waals surface area contributed by atoms with Crippen molar-refractivity contribution in [1.29, 1.82) is 5.41 Å². The van der Waals surface area contributed by atoms with Crippen molar-refractivity contribution in [3.8, 4) is 0 Å². The molecule has 1 saturated heterocycles. The van der Waals surface area contributed by atoms with Gasteiger partial charge in [0.15, 0.2) is 0 Å². The summed E-state index contributed by atoms with van der Waals surface area (Å²) in [6.07, 6.45) is 3.10. The highest BCUT2D eigenvalue weighted by Gasteiger charge is 2.14. The smallest absolute Gasteiger partial charge is 0.123 e. The van der Waals surface area contributed by atoms with Crippen LogP contribution in [-0.4, -0.2) is 17.3 Å². The van der Waals surface area contributed by atoms with Gasteiger partial charge in [-0.1, -0.05) is 12.1 Å². The van der Waals surface area contributed by atoms with Gasteiger partial charge in [-0.25, -0.2) is 4.39 Å². The Morgan fingerprint density at radius 1 is 1.33 bits per heavy atom. The molecule has 1 aromatic carbocycles. The minimum absolute atomic E-state index is 0.198. The summed E-state index contributed by atoms with van der Waals surface area (Å²) >= 11 is 0. The third-order valence-electron chi connectivity index (χ3n) is 2.74. The number of nitrogens with one attached hydrogen (secondary N) is 1. The number of rotatable bonds is 2. The number of hydrogen-bond acceptors (Lipinski definition) is 1. The molecule has 1 aliphatic heterocycles. The normalized spacial score (nSPS) is 16.9. The summed E-state index contributed by atoms with van der Waals surface area (Å²) in [6.45, 7) is 1.59. The fraction of sp³-hybridized carbons (Fsp3) is 0.417. The van der Waals surface area contributed by atoms with Crippen LogP contribution in [0.15, 0.2) is 24.3 Å². The zero-order chi connectivity index (χ0) is 10.7. The fourth-order valence-corrected chi connectivity index (χ4v) is 1.92. The molecule has 1 N–H and O–H groups in total. The zero-order valence-corrected chi connectivity index (χ0v) is 8.67. The molecule has 2 nitrogen and oxygen atoms in total. The summed E-state index contributed by atoms with van der Waals surface area (Å²) in [6, 6.07) is 6.62. The molecule has 0 unspecified atom stereocenters. The highest BCUT2D eigenvalue weighted by Crippen LogP contribution is 2.14. The number of piperidine rings is 1. The molecule has 1 fully saturated rings. The van der Waals surface area contributed by atoms with E-state index >= 15 is 0 Å². The largest absolute Gasteiger partial charge is 0.356 e. The number of hydrogen-bond donors (Lipinski definition) is 1. The molecule has 0 radical (unpaired) electrons. The molecule has 0 atom stereocenters. The summed E-state index contributed by atoms with van der Waals surface area (Å²) < 4.78 is 12.9. The van der Waals surface area contributed by atoms with Crippen LogP contribution in [0.3, 0.4) is 0 Å². The molecule has 0 saturated carbocycles. The van der Waals surface area contributed by atoms with Crippen molar-refractivity contribution in [2.75, 3.05) is 6.54 Å². The molecule has 0 bridgehead atoms. The Hall–Kier alpha value is -1.38. The summed E-state index contributed by atoms with van der Waals surface area (Å²) in [5, 5.41) is 7.78. The maximum absolute atomic E-state index is 12.9. The average Bonchev–Trinajstić information content (AvgIpc) is 2.22. The quantitative estimate of drug-likeness (QED) is 0.791. The van der Waals surface area contributed by atoms with Crippen molar-refractivity contribution >= 4 is 5.84 Å². The van der Waals surface area contributed by atoms with Crippen molar-refractivity contribution in [2.24, 2.45) is 0 Å². The van der Waals surface area contributed by atoms with E-state index in [1.165, 1.54) is 6.07 Å².